The molecule has 0 saturated heterocycles. The van der Waals surface area contributed by atoms with Crippen LogP contribution in [-0.4, -0.2) is 65.4 Å². The van der Waals surface area contributed by atoms with E-state index in [0.29, 0.717) is 13.0 Å². The number of allylic oxidation sites excluding steroid dienone is 6. The quantitative estimate of drug-likeness (QED) is 0.0372. The summed E-state index contributed by atoms with van der Waals surface area (Å²) in [6.45, 7) is 13.5. The summed E-state index contributed by atoms with van der Waals surface area (Å²) in [5, 5.41) is 20.2. The minimum absolute atomic E-state index is 0. The Hall–Kier alpha value is -1.81. The minimum Gasteiger partial charge on any atom is -0.748 e. The Kier molecular flexibility index (Phi) is 15.2. The van der Waals surface area contributed by atoms with Crippen molar-refractivity contribution in [2.24, 2.45) is 10.5 Å². The molecule has 1 unspecified atom stereocenters. The zero-order valence-corrected chi connectivity index (χ0v) is 30.8. The average Bonchev–Trinajstić information content (AvgIpc) is 3.31. The van der Waals surface area contributed by atoms with Crippen LogP contribution in [0.4, 0.5) is 5.69 Å². The fourth-order valence-corrected chi connectivity index (χ4v) is 6.50. The van der Waals surface area contributed by atoms with Gasteiger partial charge in [-0.25, -0.2) is 8.42 Å². The summed E-state index contributed by atoms with van der Waals surface area (Å²) in [7, 11) is -4.34. The third-order valence-electron chi connectivity index (χ3n) is 8.01. The molecule has 1 aromatic rings. The van der Waals surface area contributed by atoms with Crippen LogP contribution in [0.5, 0.6) is 0 Å². The maximum Gasteiger partial charge on any atom is 1.00 e. The first-order chi connectivity index (χ1) is 20.8. The van der Waals surface area contributed by atoms with Crippen molar-refractivity contribution in [1.29, 1.82) is 0 Å². The second-order valence-electron chi connectivity index (χ2n) is 11.4. The zero-order valence-electron chi connectivity index (χ0n) is 27.2. The maximum absolute atomic E-state index is 12.2. The molecule has 0 bridgehead atoms. The number of fused-ring (bicyclic) bond motifs is 1. The summed E-state index contributed by atoms with van der Waals surface area (Å²) in [6, 6.07) is 5.93. The number of rotatable bonds is 16. The van der Waals surface area contributed by atoms with E-state index in [0.717, 1.165) is 58.3 Å². The van der Waals surface area contributed by atoms with Crippen molar-refractivity contribution in [3.8, 4) is 0 Å². The first-order valence-corrected chi connectivity index (χ1v) is 17.0. The van der Waals surface area contributed by atoms with Gasteiger partial charge in [-0.2, -0.15) is 14.0 Å². The molecule has 0 spiro atoms. The summed E-state index contributed by atoms with van der Waals surface area (Å²) in [5.74, 6) is -0.769. The molecular weight excluding hydrogens is 629 g/mol. The Morgan fingerprint density at radius 2 is 1.91 bits per heavy atom. The number of hydrazone groups is 1. The van der Waals surface area contributed by atoms with Gasteiger partial charge in [-0.05, 0) is 65.7 Å². The molecule has 3 rings (SSSR count). The summed E-state index contributed by atoms with van der Waals surface area (Å²) < 4.78 is 45.5. The van der Waals surface area contributed by atoms with Crippen LogP contribution in [0.15, 0.2) is 64.3 Å². The van der Waals surface area contributed by atoms with E-state index >= 15 is 0 Å². The van der Waals surface area contributed by atoms with Crippen molar-refractivity contribution < 1.29 is 71.3 Å². The van der Waals surface area contributed by atoms with E-state index in [1.165, 1.54) is 0 Å². The Bertz CT molecular complexity index is 1470. The van der Waals surface area contributed by atoms with Crippen molar-refractivity contribution in [2.75, 3.05) is 25.4 Å². The number of carbonyl (C=O) groups is 1. The van der Waals surface area contributed by atoms with Crippen LogP contribution in [0.25, 0.3) is 0 Å². The molecule has 242 valence electrons. The van der Waals surface area contributed by atoms with Crippen molar-refractivity contribution in [1.82, 2.24) is 5.01 Å². The van der Waals surface area contributed by atoms with E-state index in [2.05, 4.69) is 45.9 Å². The SMILES string of the molecule is CCC[N+]1=C(/C=C/C=C/C=C2\N(CCCS(=O)(=O)[O-])N=C(C)C2(C)CCC(=O)OCC)C(C)(C)c2cc(SOO[O-])ccc21.[Na+]. The van der Waals surface area contributed by atoms with Crippen molar-refractivity contribution >= 4 is 45.2 Å². The number of hydrogen-bond acceptors (Lipinski definition) is 11. The molecule has 1 atom stereocenters. The van der Waals surface area contributed by atoms with Gasteiger partial charge in [0.2, 0.25) is 5.69 Å². The van der Waals surface area contributed by atoms with E-state index in [4.69, 9.17) is 4.74 Å². The van der Waals surface area contributed by atoms with E-state index < -0.39 is 21.3 Å². The van der Waals surface area contributed by atoms with Gasteiger partial charge in [0.05, 0.1) is 34.2 Å². The molecule has 2 aliphatic rings. The van der Waals surface area contributed by atoms with Crippen molar-refractivity contribution in [2.45, 2.75) is 77.5 Å². The molecule has 0 radical (unpaired) electrons. The van der Waals surface area contributed by atoms with Gasteiger partial charge in [0, 0.05) is 64.6 Å². The molecule has 1 aromatic carbocycles. The van der Waals surface area contributed by atoms with Crippen LogP contribution in [-0.2, 0) is 34.4 Å². The van der Waals surface area contributed by atoms with Gasteiger partial charge in [-0.1, -0.05) is 25.2 Å². The average molecular weight is 672 g/mol. The number of nitrogens with zero attached hydrogens (tertiary/aromatic N) is 3. The van der Waals surface area contributed by atoms with Crippen LogP contribution in [0.2, 0.25) is 0 Å². The molecule has 0 amide bonds. The van der Waals surface area contributed by atoms with Crippen LogP contribution < -0.4 is 34.8 Å². The number of benzene rings is 1. The normalized spacial score (nSPS) is 20.3. The van der Waals surface area contributed by atoms with Crippen LogP contribution >= 0.6 is 12.0 Å². The Morgan fingerprint density at radius 3 is 2.56 bits per heavy atom. The van der Waals surface area contributed by atoms with E-state index in [1.807, 2.05) is 56.4 Å². The molecule has 2 aliphatic heterocycles. The summed E-state index contributed by atoms with van der Waals surface area (Å²) in [6.07, 6.45) is 11.6. The molecule has 0 N–H and O–H groups in total. The number of hydrogen-bond donors (Lipinski definition) is 0. The van der Waals surface area contributed by atoms with Crippen LogP contribution in [0.1, 0.15) is 72.8 Å². The number of esters is 1. The van der Waals surface area contributed by atoms with Gasteiger partial charge in [0.15, 0.2) is 5.71 Å². The van der Waals surface area contributed by atoms with Crippen LogP contribution in [0.3, 0.4) is 0 Å². The summed E-state index contributed by atoms with van der Waals surface area (Å²) >= 11 is 0.870. The smallest absolute Gasteiger partial charge is 0.748 e. The van der Waals surface area contributed by atoms with Gasteiger partial charge in [-0.3, -0.25) is 14.8 Å². The van der Waals surface area contributed by atoms with Gasteiger partial charge in [0.1, 0.15) is 6.54 Å². The van der Waals surface area contributed by atoms with Crippen molar-refractivity contribution in [3.63, 3.8) is 0 Å². The third-order valence-corrected chi connectivity index (χ3v) is 9.37. The Balaban J connectivity index is 0.00000705. The Morgan fingerprint density at radius 1 is 1.18 bits per heavy atom. The Labute approximate surface area is 293 Å². The van der Waals surface area contributed by atoms with Gasteiger partial charge < -0.3 is 14.5 Å². The van der Waals surface area contributed by atoms with E-state index in [-0.39, 0.29) is 60.3 Å². The summed E-state index contributed by atoms with van der Waals surface area (Å²) in [5.41, 5.74) is 4.05. The fraction of sp³-hybridized carbons (Fsp3) is 0.516. The molecule has 0 saturated carbocycles. The largest absolute Gasteiger partial charge is 1.00 e. The third kappa shape index (κ3) is 10.1. The molecule has 14 heteroatoms. The molecule has 0 aromatic heterocycles. The molecular formula is C31H42N3NaO8S2. The topological polar surface area (TPSA) is 144 Å². The number of ether oxygens (including phenoxy) is 1. The predicted octanol–water partition coefficient (Wildman–Crippen LogP) is 1.68. The van der Waals surface area contributed by atoms with Crippen molar-refractivity contribution in [3.05, 3.63) is 59.8 Å². The van der Waals surface area contributed by atoms with Gasteiger partial charge in [0.25, 0.3) is 0 Å². The predicted molar refractivity (Wildman–Crippen MR) is 167 cm³/mol. The van der Waals surface area contributed by atoms with Gasteiger partial charge in [-0.15, -0.1) is 0 Å². The second kappa shape index (κ2) is 17.4. The first kappa shape index (κ1) is 39.4. The minimum atomic E-state index is -4.34. The molecule has 0 aliphatic carbocycles. The fourth-order valence-electron chi connectivity index (χ4n) is 5.62. The van der Waals surface area contributed by atoms with Crippen LogP contribution in [0, 0.1) is 5.41 Å². The zero-order chi connectivity index (χ0) is 32.5. The van der Waals surface area contributed by atoms with Gasteiger partial charge >= 0.3 is 35.5 Å². The van der Waals surface area contributed by atoms with E-state index in [9.17, 15) is 23.0 Å². The molecule has 45 heavy (non-hydrogen) atoms. The van der Waals surface area contributed by atoms with E-state index in [1.54, 1.807) is 11.9 Å². The molecule has 11 nitrogen and oxygen atoms in total. The molecule has 0 fully saturated rings. The standard InChI is InChI=1S/C31H43N3O8S2.Na/c1-7-19-33-26-16-15-24(43-42-41-36)22-25(26)30(4,5)27(33)13-10-9-11-14-28-31(6,18-17-29(35)40-8-2)23(3)32-34(28)20-12-21-44(37,38)39;/h9-11,13-16,22H,7-8,12,17-21H2,1-6H3,(H-,36,37,38,39);/q;+1/p-1. The molecule has 2 heterocycles. The maximum atomic E-state index is 12.2. The number of carbonyl (C=O) groups excluding carboxylic acids is 1. The monoisotopic (exact) mass is 671 g/mol. The summed E-state index contributed by atoms with van der Waals surface area (Å²) in [4.78, 5) is 12.9. The second-order valence-corrected chi connectivity index (χ2v) is 13.7. The first-order valence-electron chi connectivity index (χ1n) is 14.7.